The number of benzene rings is 3. The van der Waals surface area contributed by atoms with Crippen molar-refractivity contribution in [1.82, 2.24) is 0 Å². The molecular formula is C32H37F3O6. The highest BCUT2D eigenvalue weighted by molar-refractivity contribution is 5.82. The van der Waals surface area contributed by atoms with Crippen LogP contribution < -0.4 is 14.2 Å². The van der Waals surface area contributed by atoms with Gasteiger partial charge in [0.1, 0.15) is 11.9 Å². The quantitative estimate of drug-likeness (QED) is 0.143. The summed E-state index contributed by atoms with van der Waals surface area (Å²) in [4.78, 5) is 13.3. The monoisotopic (exact) mass is 574 g/mol. The summed E-state index contributed by atoms with van der Waals surface area (Å²) in [5, 5.41) is 0. The maximum absolute atomic E-state index is 14.5. The number of carbonyl (C=O) groups excluding carboxylic acids is 1. The van der Waals surface area contributed by atoms with Gasteiger partial charge in [0.25, 0.3) is 5.60 Å². The summed E-state index contributed by atoms with van der Waals surface area (Å²) in [5.41, 5.74) is -1.58. The minimum absolute atomic E-state index is 0.316. The van der Waals surface area contributed by atoms with E-state index in [9.17, 15) is 18.0 Å². The fraction of sp³-hybridized carbons (Fsp3) is 0.406. The van der Waals surface area contributed by atoms with Crippen LogP contribution in [0.4, 0.5) is 13.2 Å². The van der Waals surface area contributed by atoms with Crippen molar-refractivity contribution >= 4 is 5.97 Å². The minimum Gasteiger partial charge on any atom is -0.497 e. The Bertz CT molecular complexity index is 1230. The van der Waals surface area contributed by atoms with Crippen LogP contribution in [0.1, 0.15) is 42.4 Å². The molecular weight excluding hydrogens is 537 g/mol. The number of halogens is 3. The lowest BCUT2D eigenvalue weighted by Gasteiger charge is -2.34. The number of unbranched alkanes of at least 4 members (excludes halogenated alkanes) is 1. The van der Waals surface area contributed by atoms with Crippen molar-refractivity contribution in [2.75, 3.05) is 28.4 Å². The Morgan fingerprint density at radius 3 is 1.98 bits per heavy atom. The average molecular weight is 575 g/mol. The zero-order chi connectivity index (χ0) is 29.9. The summed E-state index contributed by atoms with van der Waals surface area (Å²) in [5.74, 6) is 0.389. The number of aryl methyl sites for hydroxylation is 2. The second kappa shape index (κ2) is 14.8. The lowest BCUT2D eigenvalue weighted by atomic mass is 9.92. The number of rotatable bonds is 15. The summed E-state index contributed by atoms with van der Waals surface area (Å²) >= 11 is 0. The van der Waals surface area contributed by atoms with E-state index in [1.807, 2.05) is 30.3 Å². The molecule has 9 heteroatoms. The van der Waals surface area contributed by atoms with E-state index in [-0.39, 0.29) is 5.56 Å². The van der Waals surface area contributed by atoms with Crippen molar-refractivity contribution in [3.8, 4) is 17.2 Å². The van der Waals surface area contributed by atoms with E-state index in [1.165, 1.54) is 38.5 Å². The van der Waals surface area contributed by atoms with Crippen LogP contribution in [0.2, 0.25) is 0 Å². The maximum atomic E-state index is 14.5. The van der Waals surface area contributed by atoms with Crippen LogP contribution in [0, 0.1) is 0 Å². The molecule has 0 aromatic heterocycles. The first-order chi connectivity index (χ1) is 19.7. The van der Waals surface area contributed by atoms with Gasteiger partial charge >= 0.3 is 12.1 Å². The number of methoxy groups -OCH3 is 4. The molecule has 0 saturated heterocycles. The van der Waals surface area contributed by atoms with Gasteiger partial charge in [0.05, 0.1) is 21.3 Å². The molecule has 0 bridgehead atoms. The fourth-order valence-electron chi connectivity index (χ4n) is 4.74. The van der Waals surface area contributed by atoms with Gasteiger partial charge in [-0.15, -0.1) is 0 Å². The molecule has 0 saturated carbocycles. The van der Waals surface area contributed by atoms with Crippen molar-refractivity contribution in [3.63, 3.8) is 0 Å². The third-order valence-electron chi connectivity index (χ3n) is 7.05. The highest BCUT2D eigenvalue weighted by Gasteiger charge is 2.64. The second-order valence-electron chi connectivity index (χ2n) is 9.60. The van der Waals surface area contributed by atoms with E-state index < -0.39 is 23.9 Å². The van der Waals surface area contributed by atoms with E-state index in [4.69, 9.17) is 23.7 Å². The predicted octanol–water partition coefficient (Wildman–Crippen LogP) is 7.07. The number of esters is 1. The first-order valence-electron chi connectivity index (χ1n) is 13.4. The van der Waals surface area contributed by atoms with Gasteiger partial charge in [0, 0.05) is 12.7 Å². The zero-order valence-electron chi connectivity index (χ0n) is 23.8. The number of hydrogen-bond donors (Lipinski definition) is 0. The molecule has 41 heavy (non-hydrogen) atoms. The maximum Gasteiger partial charge on any atom is 0.432 e. The van der Waals surface area contributed by atoms with Gasteiger partial charge in [0.2, 0.25) is 0 Å². The van der Waals surface area contributed by atoms with Crippen LogP contribution in [0.25, 0.3) is 0 Å². The Kier molecular flexibility index (Phi) is 11.5. The normalized spacial score (nSPS) is 13.6. The van der Waals surface area contributed by atoms with Gasteiger partial charge in [-0.3, -0.25) is 0 Å². The van der Waals surface area contributed by atoms with E-state index in [2.05, 4.69) is 0 Å². The number of ether oxygens (including phenoxy) is 5. The summed E-state index contributed by atoms with van der Waals surface area (Å²) in [6, 6.07) is 20.0. The molecule has 6 nitrogen and oxygen atoms in total. The average Bonchev–Trinajstić information content (AvgIpc) is 2.98. The number of hydrogen-bond acceptors (Lipinski definition) is 6. The van der Waals surface area contributed by atoms with Gasteiger partial charge < -0.3 is 23.7 Å². The first kappa shape index (κ1) is 31.8. The molecule has 0 amide bonds. The van der Waals surface area contributed by atoms with Crippen molar-refractivity contribution in [1.29, 1.82) is 0 Å². The number of carbonyl (C=O) groups is 1. The van der Waals surface area contributed by atoms with E-state index >= 15 is 0 Å². The number of alkyl halides is 3. The molecule has 0 heterocycles. The van der Waals surface area contributed by atoms with E-state index in [1.54, 1.807) is 25.3 Å². The molecule has 3 aromatic rings. The fourth-order valence-corrected chi connectivity index (χ4v) is 4.74. The van der Waals surface area contributed by atoms with Gasteiger partial charge in [-0.1, -0.05) is 48.5 Å². The topological polar surface area (TPSA) is 63.2 Å². The molecule has 3 rings (SSSR count). The zero-order valence-corrected chi connectivity index (χ0v) is 23.8. The molecule has 0 radical (unpaired) electrons. The largest absolute Gasteiger partial charge is 0.497 e. The van der Waals surface area contributed by atoms with Crippen LogP contribution in [0.15, 0.2) is 72.8 Å². The molecule has 0 aliphatic carbocycles. The van der Waals surface area contributed by atoms with Gasteiger partial charge in [-0.05, 0) is 73.9 Å². The van der Waals surface area contributed by atoms with Crippen LogP contribution in [-0.4, -0.2) is 46.7 Å². The van der Waals surface area contributed by atoms with Crippen molar-refractivity contribution in [3.05, 3.63) is 89.5 Å². The molecule has 0 aliphatic rings. The molecule has 3 aromatic carbocycles. The summed E-state index contributed by atoms with van der Waals surface area (Å²) in [6.45, 7) is 0. The summed E-state index contributed by atoms with van der Waals surface area (Å²) in [7, 11) is 5.54. The molecule has 0 fully saturated rings. The highest BCUT2D eigenvalue weighted by Crippen LogP contribution is 2.43. The first-order valence-corrected chi connectivity index (χ1v) is 13.4. The smallest absolute Gasteiger partial charge is 0.432 e. The van der Waals surface area contributed by atoms with Crippen molar-refractivity contribution < 1.29 is 41.7 Å². The van der Waals surface area contributed by atoms with Crippen LogP contribution >= 0.6 is 0 Å². The molecule has 0 unspecified atom stereocenters. The van der Waals surface area contributed by atoms with E-state index in [0.29, 0.717) is 37.2 Å². The van der Waals surface area contributed by atoms with Crippen LogP contribution in [0.5, 0.6) is 17.2 Å². The second-order valence-corrected chi connectivity index (χ2v) is 9.60. The SMILES string of the molecule is COc1ccc(CCCC[C@H](CCc2ccc(OC)c(OC)c2)OC(=O)[C@@](OC)(c2ccccc2)C(F)(F)F)cc1. The molecule has 0 spiro atoms. The standard InChI is InChI=1S/C32H37F3O6/c1-37-26-18-14-23(15-19-26)10-8-9-13-27(20-16-24-17-21-28(38-2)29(22-24)39-3)41-30(36)31(40-4,32(33,34)35)25-11-6-5-7-12-25/h5-7,11-12,14-15,17-19,21-22,27H,8-10,13,16,20H2,1-4H3/t27-,31+/m1/s1. The molecule has 0 aliphatic heterocycles. The van der Waals surface area contributed by atoms with E-state index in [0.717, 1.165) is 36.8 Å². The molecule has 0 N–H and O–H groups in total. The van der Waals surface area contributed by atoms with Gasteiger partial charge in [-0.2, -0.15) is 13.2 Å². The Morgan fingerprint density at radius 2 is 1.39 bits per heavy atom. The Balaban J connectivity index is 1.78. The van der Waals surface area contributed by atoms with Crippen LogP contribution in [-0.2, 0) is 32.7 Å². The highest BCUT2D eigenvalue weighted by atomic mass is 19.4. The third-order valence-corrected chi connectivity index (χ3v) is 7.05. The Hall–Kier alpha value is -3.72. The third kappa shape index (κ3) is 7.94. The van der Waals surface area contributed by atoms with Crippen molar-refractivity contribution in [2.24, 2.45) is 0 Å². The molecule has 2 atom stereocenters. The summed E-state index contributed by atoms with van der Waals surface area (Å²) < 4.78 is 69.8. The van der Waals surface area contributed by atoms with Crippen molar-refractivity contribution in [2.45, 2.75) is 56.4 Å². The Morgan fingerprint density at radius 1 is 0.732 bits per heavy atom. The molecule has 222 valence electrons. The lowest BCUT2D eigenvalue weighted by Crippen LogP contribution is -2.52. The van der Waals surface area contributed by atoms with Gasteiger partial charge in [0.15, 0.2) is 11.5 Å². The lowest BCUT2D eigenvalue weighted by molar-refractivity contribution is -0.278. The predicted molar refractivity (Wildman–Crippen MR) is 149 cm³/mol. The van der Waals surface area contributed by atoms with Crippen LogP contribution in [0.3, 0.4) is 0 Å². The van der Waals surface area contributed by atoms with Gasteiger partial charge in [-0.25, -0.2) is 4.79 Å². The summed E-state index contributed by atoms with van der Waals surface area (Å²) in [6.07, 6.45) is -2.47. The minimum atomic E-state index is -5.04. The Labute approximate surface area is 239 Å².